The molecule has 0 aliphatic rings. The van der Waals surface area contributed by atoms with Crippen LogP contribution in [0.25, 0.3) is 0 Å². The van der Waals surface area contributed by atoms with Crippen LogP contribution in [-0.4, -0.2) is 17.3 Å². The minimum Gasteiger partial charge on any atom is -1.00 e. The molecule has 2 nitrogen and oxygen atoms in total. The number of hydrogen-bond acceptors (Lipinski definition) is 1. The molecule has 0 amide bonds. The molecule has 0 aromatic heterocycles. The quantitative estimate of drug-likeness (QED) is 0.515. The van der Waals surface area contributed by atoms with Crippen LogP contribution in [0.4, 0.5) is 13.2 Å². The summed E-state index contributed by atoms with van der Waals surface area (Å²) in [7, 11) is 0. The van der Waals surface area contributed by atoms with E-state index in [1.807, 2.05) is 0 Å². The van der Waals surface area contributed by atoms with Gasteiger partial charge in [0, 0.05) is 11.6 Å². The number of halogens is 4. The zero-order valence-corrected chi connectivity index (χ0v) is 6.20. The van der Waals surface area contributed by atoms with Crippen LogP contribution in [0.15, 0.2) is 11.6 Å². The molecule has 66 valence electrons. The SMILES string of the molecule is CC(=CC(=O)O)C(F)(F)F.[Cl-]. The van der Waals surface area contributed by atoms with Gasteiger partial charge >= 0.3 is 12.1 Å². The molecular weight excluding hydrogens is 184 g/mol. The van der Waals surface area contributed by atoms with Gasteiger partial charge in [0.15, 0.2) is 0 Å². The van der Waals surface area contributed by atoms with E-state index < -0.39 is 17.7 Å². The molecule has 0 aromatic carbocycles. The highest BCUT2D eigenvalue weighted by Gasteiger charge is 2.30. The summed E-state index contributed by atoms with van der Waals surface area (Å²) in [5.74, 6) is -1.59. The smallest absolute Gasteiger partial charge is 0.412 e. The molecule has 6 heteroatoms. The van der Waals surface area contributed by atoms with Crippen molar-refractivity contribution in [2.24, 2.45) is 0 Å². The molecule has 0 aromatic rings. The number of alkyl halides is 3. The Hall–Kier alpha value is -0.710. The first-order valence-electron chi connectivity index (χ1n) is 2.32. The van der Waals surface area contributed by atoms with Crippen molar-refractivity contribution in [1.29, 1.82) is 0 Å². The minimum atomic E-state index is -4.53. The van der Waals surface area contributed by atoms with Gasteiger partial charge in [0.2, 0.25) is 0 Å². The molecule has 0 rings (SSSR count). The molecule has 0 aliphatic heterocycles. The second-order valence-electron chi connectivity index (χ2n) is 1.66. The summed E-state index contributed by atoms with van der Waals surface area (Å²) < 4.78 is 34.4. The standard InChI is InChI=1S/C5H5F3O2.ClH/c1-3(2-4(9)10)5(6,7)8;/h2H,1H3,(H,9,10);1H/p-1. The first kappa shape index (κ1) is 12.9. The highest BCUT2D eigenvalue weighted by molar-refractivity contribution is 5.80. The Balaban J connectivity index is 0. The minimum absolute atomic E-state index is 0. The second kappa shape index (κ2) is 4.23. The first-order valence-corrected chi connectivity index (χ1v) is 2.32. The van der Waals surface area contributed by atoms with Crippen LogP contribution in [0.1, 0.15) is 6.92 Å². The lowest BCUT2D eigenvalue weighted by Gasteiger charge is -2.03. The van der Waals surface area contributed by atoms with Gasteiger partial charge in [-0.25, -0.2) is 4.79 Å². The molecule has 0 bridgehead atoms. The maximum atomic E-state index is 11.5. The number of aliphatic carboxylic acids is 1. The van der Waals surface area contributed by atoms with Crippen molar-refractivity contribution < 1.29 is 35.5 Å². The number of carboxylic acid groups (broad SMARTS) is 1. The lowest BCUT2D eigenvalue weighted by Crippen LogP contribution is -3.00. The van der Waals surface area contributed by atoms with E-state index in [0.29, 0.717) is 6.92 Å². The largest absolute Gasteiger partial charge is 1.00 e. The summed E-state index contributed by atoms with van der Waals surface area (Å²) in [4.78, 5) is 9.68. The van der Waals surface area contributed by atoms with Gasteiger partial charge in [0.1, 0.15) is 0 Å². The van der Waals surface area contributed by atoms with Crippen LogP contribution in [0.2, 0.25) is 0 Å². The van der Waals surface area contributed by atoms with E-state index in [9.17, 15) is 18.0 Å². The second-order valence-corrected chi connectivity index (χ2v) is 1.66. The Labute approximate surface area is 67.1 Å². The van der Waals surface area contributed by atoms with E-state index in [2.05, 4.69) is 0 Å². The third kappa shape index (κ3) is 5.72. The fourth-order valence-electron chi connectivity index (χ4n) is 0.267. The van der Waals surface area contributed by atoms with Crippen LogP contribution in [0.3, 0.4) is 0 Å². The van der Waals surface area contributed by atoms with Crippen molar-refractivity contribution in [3.63, 3.8) is 0 Å². The van der Waals surface area contributed by atoms with E-state index in [-0.39, 0.29) is 18.5 Å². The van der Waals surface area contributed by atoms with E-state index in [4.69, 9.17) is 5.11 Å². The molecule has 1 N–H and O–H groups in total. The van der Waals surface area contributed by atoms with Gasteiger partial charge in [-0.3, -0.25) is 0 Å². The van der Waals surface area contributed by atoms with Gasteiger partial charge in [-0.1, -0.05) is 0 Å². The number of rotatable bonds is 1. The zero-order valence-electron chi connectivity index (χ0n) is 5.44. The highest BCUT2D eigenvalue weighted by Crippen LogP contribution is 2.24. The van der Waals surface area contributed by atoms with Crippen LogP contribution < -0.4 is 12.4 Å². The summed E-state index contributed by atoms with van der Waals surface area (Å²) in [6.45, 7) is 0.702. The molecule has 0 heterocycles. The number of carboxylic acids is 1. The maximum Gasteiger partial charge on any atom is 0.412 e. The van der Waals surface area contributed by atoms with Gasteiger partial charge in [-0.05, 0) is 6.92 Å². The average molecular weight is 190 g/mol. The van der Waals surface area contributed by atoms with Crippen LogP contribution in [-0.2, 0) is 4.79 Å². The predicted octanol–water partition coefficient (Wildman–Crippen LogP) is -1.42. The number of allylic oxidation sites excluding steroid dienone is 1. The summed E-state index contributed by atoms with van der Waals surface area (Å²) >= 11 is 0. The molecule has 0 atom stereocenters. The molecule has 0 spiro atoms. The van der Waals surface area contributed by atoms with E-state index >= 15 is 0 Å². The first-order chi connectivity index (χ1) is 4.34. The van der Waals surface area contributed by atoms with Gasteiger partial charge in [0.05, 0.1) is 0 Å². The summed E-state index contributed by atoms with van der Waals surface area (Å²) in [5, 5.41) is 7.87. The van der Waals surface area contributed by atoms with Crippen LogP contribution in [0, 0.1) is 0 Å². The van der Waals surface area contributed by atoms with Gasteiger partial charge < -0.3 is 17.5 Å². The highest BCUT2D eigenvalue weighted by atomic mass is 35.5. The van der Waals surface area contributed by atoms with Crippen LogP contribution in [0.5, 0.6) is 0 Å². The van der Waals surface area contributed by atoms with Crippen molar-refractivity contribution in [2.75, 3.05) is 0 Å². The van der Waals surface area contributed by atoms with Gasteiger partial charge in [0.25, 0.3) is 0 Å². The van der Waals surface area contributed by atoms with Crippen LogP contribution >= 0.6 is 0 Å². The Morgan fingerprint density at radius 3 is 1.91 bits per heavy atom. The fraction of sp³-hybridized carbons (Fsp3) is 0.400. The molecule has 0 radical (unpaired) electrons. The number of hydrogen-bond donors (Lipinski definition) is 1. The third-order valence-corrected chi connectivity index (χ3v) is 0.787. The Kier molecular flexibility index (Phi) is 4.97. The monoisotopic (exact) mass is 189 g/mol. The Bertz CT molecular complexity index is 173. The fourth-order valence-corrected chi connectivity index (χ4v) is 0.267. The molecule has 0 unspecified atom stereocenters. The topological polar surface area (TPSA) is 37.3 Å². The lowest BCUT2D eigenvalue weighted by molar-refractivity contribution is -0.132. The van der Waals surface area contributed by atoms with E-state index in [0.717, 1.165) is 0 Å². The average Bonchev–Trinajstić information content (AvgIpc) is 1.60. The van der Waals surface area contributed by atoms with Crippen molar-refractivity contribution in [1.82, 2.24) is 0 Å². The molecule has 0 fully saturated rings. The summed E-state index contributed by atoms with van der Waals surface area (Å²) in [6, 6.07) is 0. The van der Waals surface area contributed by atoms with E-state index in [1.54, 1.807) is 0 Å². The summed E-state index contributed by atoms with van der Waals surface area (Å²) in [6.07, 6.45) is -4.40. The molecular formula is C5H5ClF3O2-. The third-order valence-electron chi connectivity index (χ3n) is 0.787. The molecule has 11 heavy (non-hydrogen) atoms. The lowest BCUT2D eigenvalue weighted by atomic mass is 10.3. The van der Waals surface area contributed by atoms with Gasteiger partial charge in [-0.2, -0.15) is 13.2 Å². The summed E-state index contributed by atoms with van der Waals surface area (Å²) in [5.41, 5.74) is -1.11. The molecule has 0 aliphatic carbocycles. The van der Waals surface area contributed by atoms with Crippen molar-refractivity contribution >= 4 is 5.97 Å². The van der Waals surface area contributed by atoms with Crippen molar-refractivity contribution in [3.8, 4) is 0 Å². The van der Waals surface area contributed by atoms with E-state index in [1.165, 1.54) is 0 Å². The number of carbonyl (C=O) groups is 1. The maximum absolute atomic E-state index is 11.5. The normalized spacial score (nSPS) is 12.2. The van der Waals surface area contributed by atoms with Crippen molar-refractivity contribution in [2.45, 2.75) is 13.1 Å². The molecule has 0 saturated heterocycles. The Morgan fingerprint density at radius 1 is 1.45 bits per heavy atom. The van der Waals surface area contributed by atoms with Gasteiger partial charge in [-0.15, -0.1) is 0 Å². The van der Waals surface area contributed by atoms with Crippen molar-refractivity contribution in [3.05, 3.63) is 11.6 Å². The Morgan fingerprint density at radius 2 is 1.82 bits per heavy atom. The molecule has 0 saturated carbocycles. The zero-order chi connectivity index (χ0) is 8.36. The predicted molar refractivity (Wildman–Crippen MR) is 27.4 cm³/mol.